The second-order valence-corrected chi connectivity index (χ2v) is 5.00. The zero-order valence-corrected chi connectivity index (χ0v) is 10.9. The van der Waals surface area contributed by atoms with Crippen molar-refractivity contribution in [2.24, 2.45) is 0 Å². The third kappa shape index (κ3) is 3.90. The lowest BCUT2D eigenvalue weighted by atomic mass is 10.2. The van der Waals surface area contributed by atoms with Crippen LogP contribution in [0.5, 0.6) is 0 Å². The number of aromatic nitrogens is 2. The molecule has 0 bridgehead atoms. The Morgan fingerprint density at radius 1 is 1.27 bits per heavy atom. The first-order chi connectivity index (χ1) is 7.31. The molecule has 0 spiro atoms. The van der Waals surface area contributed by atoms with Gasteiger partial charge < -0.3 is 0 Å². The first-order valence-corrected chi connectivity index (χ1v) is 7.10. The third-order valence-corrected chi connectivity index (χ3v) is 3.49. The SMILES string of the molecule is CCSCCCn1nc(CC)cc1CC. The molecule has 0 aliphatic rings. The summed E-state index contributed by atoms with van der Waals surface area (Å²) in [5.41, 5.74) is 2.61. The Bertz CT molecular complexity index is 281. The van der Waals surface area contributed by atoms with Crippen LogP contribution in [0.4, 0.5) is 0 Å². The van der Waals surface area contributed by atoms with Crippen molar-refractivity contribution in [2.75, 3.05) is 11.5 Å². The smallest absolute Gasteiger partial charge is 0.0624 e. The molecule has 0 aromatic carbocycles. The van der Waals surface area contributed by atoms with Gasteiger partial charge in [-0.15, -0.1) is 0 Å². The maximum absolute atomic E-state index is 4.60. The molecule has 86 valence electrons. The molecule has 0 N–H and O–H groups in total. The molecule has 0 aliphatic heterocycles. The van der Waals surface area contributed by atoms with Crippen LogP contribution in [0.25, 0.3) is 0 Å². The number of nitrogens with zero attached hydrogens (tertiary/aromatic N) is 2. The maximum atomic E-state index is 4.60. The fourth-order valence-corrected chi connectivity index (χ4v) is 2.25. The minimum absolute atomic E-state index is 1.05. The lowest BCUT2D eigenvalue weighted by Crippen LogP contribution is -2.05. The van der Waals surface area contributed by atoms with E-state index in [4.69, 9.17) is 0 Å². The molecule has 1 aromatic heterocycles. The lowest BCUT2D eigenvalue weighted by Gasteiger charge is -2.04. The van der Waals surface area contributed by atoms with Gasteiger partial charge in [-0.3, -0.25) is 4.68 Å². The van der Waals surface area contributed by atoms with E-state index in [2.05, 4.69) is 36.6 Å². The first-order valence-electron chi connectivity index (χ1n) is 5.95. The predicted octanol–water partition coefficient (Wildman–Crippen LogP) is 3.15. The number of rotatable bonds is 7. The molecular weight excluding hydrogens is 204 g/mol. The molecule has 0 atom stereocenters. The summed E-state index contributed by atoms with van der Waals surface area (Å²) in [4.78, 5) is 0. The molecule has 0 unspecified atom stereocenters. The summed E-state index contributed by atoms with van der Waals surface area (Å²) < 4.78 is 2.19. The largest absolute Gasteiger partial charge is 0.269 e. The number of hydrogen-bond acceptors (Lipinski definition) is 2. The average molecular weight is 226 g/mol. The van der Waals surface area contributed by atoms with Gasteiger partial charge in [0.2, 0.25) is 0 Å². The van der Waals surface area contributed by atoms with Gasteiger partial charge in [-0.1, -0.05) is 20.8 Å². The molecule has 3 heteroatoms. The Morgan fingerprint density at radius 3 is 2.67 bits per heavy atom. The molecule has 0 radical (unpaired) electrons. The zero-order valence-electron chi connectivity index (χ0n) is 10.1. The molecule has 0 fully saturated rings. The van der Waals surface area contributed by atoms with Gasteiger partial charge in [0.05, 0.1) is 5.69 Å². The van der Waals surface area contributed by atoms with Crippen molar-refractivity contribution in [2.45, 2.75) is 46.6 Å². The highest BCUT2D eigenvalue weighted by atomic mass is 32.2. The van der Waals surface area contributed by atoms with Crippen LogP contribution in [0, 0.1) is 0 Å². The van der Waals surface area contributed by atoms with Gasteiger partial charge in [0.25, 0.3) is 0 Å². The molecule has 0 aliphatic carbocycles. The Labute approximate surface area is 97.4 Å². The van der Waals surface area contributed by atoms with Crippen molar-refractivity contribution >= 4 is 11.8 Å². The van der Waals surface area contributed by atoms with Crippen LogP contribution < -0.4 is 0 Å². The molecule has 0 saturated carbocycles. The highest BCUT2D eigenvalue weighted by Gasteiger charge is 2.04. The number of aryl methyl sites for hydroxylation is 3. The molecule has 2 nitrogen and oxygen atoms in total. The summed E-state index contributed by atoms with van der Waals surface area (Å²) in [6.45, 7) is 7.66. The van der Waals surface area contributed by atoms with E-state index < -0.39 is 0 Å². The van der Waals surface area contributed by atoms with Crippen molar-refractivity contribution in [3.05, 3.63) is 17.5 Å². The normalized spacial score (nSPS) is 10.9. The van der Waals surface area contributed by atoms with Gasteiger partial charge in [0.1, 0.15) is 0 Å². The van der Waals surface area contributed by atoms with Gasteiger partial charge >= 0.3 is 0 Å². The van der Waals surface area contributed by atoms with Crippen LogP contribution in [0.3, 0.4) is 0 Å². The molecular formula is C12H22N2S. The summed E-state index contributed by atoms with van der Waals surface area (Å²) >= 11 is 2.01. The topological polar surface area (TPSA) is 17.8 Å². The second kappa shape index (κ2) is 6.94. The van der Waals surface area contributed by atoms with E-state index in [1.807, 2.05) is 11.8 Å². The van der Waals surface area contributed by atoms with E-state index in [0.29, 0.717) is 0 Å². The summed E-state index contributed by atoms with van der Waals surface area (Å²) in [6.07, 6.45) is 3.37. The maximum Gasteiger partial charge on any atom is 0.0624 e. The fourth-order valence-electron chi connectivity index (χ4n) is 1.63. The van der Waals surface area contributed by atoms with Crippen molar-refractivity contribution in [1.29, 1.82) is 0 Å². The zero-order chi connectivity index (χ0) is 11.1. The Morgan fingerprint density at radius 2 is 2.07 bits per heavy atom. The van der Waals surface area contributed by atoms with Crippen molar-refractivity contribution in [1.82, 2.24) is 9.78 Å². The predicted molar refractivity (Wildman–Crippen MR) is 68.6 cm³/mol. The molecule has 1 heterocycles. The van der Waals surface area contributed by atoms with E-state index in [1.165, 1.54) is 29.3 Å². The molecule has 1 rings (SSSR count). The van der Waals surface area contributed by atoms with Crippen molar-refractivity contribution in [3.8, 4) is 0 Å². The fraction of sp³-hybridized carbons (Fsp3) is 0.750. The third-order valence-electron chi connectivity index (χ3n) is 2.50. The minimum atomic E-state index is 1.05. The summed E-state index contributed by atoms with van der Waals surface area (Å²) in [5.74, 6) is 2.47. The molecule has 1 aromatic rings. The van der Waals surface area contributed by atoms with E-state index in [-0.39, 0.29) is 0 Å². The standard InChI is InChI=1S/C12H22N2S/c1-4-11-10-12(5-2)14(13-11)8-7-9-15-6-3/h10H,4-9H2,1-3H3. The van der Waals surface area contributed by atoms with Gasteiger partial charge in [-0.25, -0.2) is 0 Å². The van der Waals surface area contributed by atoms with Gasteiger partial charge in [-0.05, 0) is 36.8 Å². The minimum Gasteiger partial charge on any atom is -0.269 e. The highest BCUT2D eigenvalue weighted by molar-refractivity contribution is 7.99. The summed E-state index contributed by atoms with van der Waals surface area (Å²) in [6, 6.07) is 2.24. The monoisotopic (exact) mass is 226 g/mol. The number of hydrogen-bond donors (Lipinski definition) is 0. The Balaban J connectivity index is 2.47. The number of thioether (sulfide) groups is 1. The van der Waals surface area contributed by atoms with E-state index in [9.17, 15) is 0 Å². The van der Waals surface area contributed by atoms with Crippen LogP contribution in [0.15, 0.2) is 6.07 Å². The van der Waals surface area contributed by atoms with Crippen LogP contribution in [0.2, 0.25) is 0 Å². The van der Waals surface area contributed by atoms with Crippen LogP contribution >= 0.6 is 11.8 Å². The summed E-state index contributed by atoms with van der Waals surface area (Å²) in [7, 11) is 0. The Kier molecular flexibility index (Phi) is 5.84. The van der Waals surface area contributed by atoms with Gasteiger partial charge in [-0.2, -0.15) is 16.9 Å². The average Bonchev–Trinajstić information content (AvgIpc) is 2.67. The van der Waals surface area contributed by atoms with Crippen LogP contribution in [-0.2, 0) is 19.4 Å². The highest BCUT2D eigenvalue weighted by Crippen LogP contribution is 2.09. The Hall–Kier alpha value is -0.440. The quantitative estimate of drug-likeness (QED) is 0.665. The van der Waals surface area contributed by atoms with E-state index in [1.54, 1.807) is 0 Å². The van der Waals surface area contributed by atoms with E-state index >= 15 is 0 Å². The molecule has 0 amide bonds. The molecule has 15 heavy (non-hydrogen) atoms. The lowest BCUT2D eigenvalue weighted by molar-refractivity contribution is 0.574. The van der Waals surface area contributed by atoms with Crippen LogP contribution in [-0.4, -0.2) is 21.3 Å². The second-order valence-electron chi connectivity index (χ2n) is 3.61. The van der Waals surface area contributed by atoms with Crippen LogP contribution in [0.1, 0.15) is 38.6 Å². The first kappa shape index (κ1) is 12.6. The van der Waals surface area contributed by atoms with Crippen molar-refractivity contribution < 1.29 is 0 Å². The molecule has 0 saturated heterocycles. The van der Waals surface area contributed by atoms with Crippen molar-refractivity contribution in [3.63, 3.8) is 0 Å². The summed E-state index contributed by atoms with van der Waals surface area (Å²) in [5, 5.41) is 4.60. The van der Waals surface area contributed by atoms with Gasteiger partial charge in [0.15, 0.2) is 0 Å². The van der Waals surface area contributed by atoms with Gasteiger partial charge in [0, 0.05) is 12.2 Å². The van der Waals surface area contributed by atoms with E-state index in [0.717, 1.165) is 19.4 Å².